The second-order valence-corrected chi connectivity index (χ2v) is 10.4. The Morgan fingerprint density at radius 3 is 2.41 bits per heavy atom. The van der Waals surface area contributed by atoms with Crippen LogP contribution in [0.3, 0.4) is 0 Å². The second-order valence-electron chi connectivity index (χ2n) is 8.46. The number of aromatic nitrogens is 2. The van der Waals surface area contributed by atoms with E-state index in [-0.39, 0.29) is 17.4 Å². The van der Waals surface area contributed by atoms with Crippen LogP contribution in [0.5, 0.6) is 0 Å². The van der Waals surface area contributed by atoms with Gasteiger partial charge in [-0.05, 0) is 39.5 Å². The van der Waals surface area contributed by atoms with Crippen LogP contribution in [-0.2, 0) is 21.1 Å². The zero-order valence-corrected chi connectivity index (χ0v) is 16.1. The SMILES string of the molecule is CC(C)(C)OC(=O)N1CC2(CC(Cn3cc(S(=O)(=O)C(F)(F)F)cn3)C2)C1. The predicted molar refractivity (Wildman–Crippen MR) is 88.4 cm³/mol. The van der Waals surface area contributed by atoms with Gasteiger partial charge in [-0.25, -0.2) is 13.2 Å². The van der Waals surface area contributed by atoms with Crippen molar-refractivity contribution >= 4 is 15.9 Å². The molecule has 3 rings (SSSR count). The first-order valence-electron chi connectivity index (χ1n) is 8.53. The molecule has 0 bridgehead atoms. The number of carbonyl (C=O) groups is 1. The summed E-state index contributed by atoms with van der Waals surface area (Å²) in [6.07, 6.45) is 2.93. The molecular weight excluding hydrogens is 387 g/mol. The van der Waals surface area contributed by atoms with Gasteiger partial charge in [-0.3, -0.25) is 4.68 Å². The number of alkyl halides is 3. The summed E-state index contributed by atoms with van der Waals surface area (Å²) in [4.78, 5) is 12.8. The molecule has 27 heavy (non-hydrogen) atoms. The third-order valence-electron chi connectivity index (χ3n) is 4.82. The number of amides is 1. The second kappa shape index (κ2) is 6.11. The number of rotatable bonds is 3. The number of halogens is 3. The van der Waals surface area contributed by atoms with Crippen molar-refractivity contribution in [2.24, 2.45) is 11.3 Å². The van der Waals surface area contributed by atoms with Crippen molar-refractivity contribution < 1.29 is 31.1 Å². The largest absolute Gasteiger partial charge is 0.502 e. The lowest BCUT2D eigenvalue weighted by Gasteiger charge is -2.58. The van der Waals surface area contributed by atoms with Gasteiger partial charge in [-0.1, -0.05) is 0 Å². The van der Waals surface area contributed by atoms with E-state index in [2.05, 4.69) is 5.10 Å². The summed E-state index contributed by atoms with van der Waals surface area (Å²) < 4.78 is 67.0. The molecule has 2 heterocycles. The van der Waals surface area contributed by atoms with Crippen LogP contribution in [0.15, 0.2) is 17.3 Å². The number of sulfone groups is 1. The summed E-state index contributed by atoms with van der Waals surface area (Å²) in [6.45, 7) is 6.96. The molecule has 0 radical (unpaired) electrons. The molecule has 0 unspecified atom stereocenters. The lowest BCUT2D eigenvalue weighted by Crippen LogP contribution is -2.64. The van der Waals surface area contributed by atoms with Crippen LogP contribution in [0, 0.1) is 11.3 Å². The molecule has 1 aliphatic carbocycles. The van der Waals surface area contributed by atoms with Gasteiger partial charge in [-0.15, -0.1) is 0 Å². The average Bonchev–Trinajstić information content (AvgIpc) is 2.85. The molecular formula is C16H22F3N3O4S. The fourth-order valence-corrected chi connectivity index (χ4v) is 4.47. The van der Waals surface area contributed by atoms with E-state index in [4.69, 9.17) is 4.74 Å². The van der Waals surface area contributed by atoms with Gasteiger partial charge in [-0.2, -0.15) is 18.3 Å². The zero-order chi connectivity index (χ0) is 20.3. The standard InChI is InChI=1S/C16H22F3N3O4S/c1-14(2,3)26-13(23)21-9-15(10-21)4-11(5-15)7-22-8-12(6-20-22)27(24,25)16(17,18)19/h6,8,11H,4-5,7,9-10H2,1-3H3. The average molecular weight is 409 g/mol. The third-order valence-corrected chi connectivity index (χ3v) is 6.26. The molecule has 0 atom stereocenters. The first-order chi connectivity index (χ1) is 12.2. The van der Waals surface area contributed by atoms with Crippen LogP contribution in [0.4, 0.5) is 18.0 Å². The number of hydrogen-bond donors (Lipinski definition) is 0. The Hall–Kier alpha value is -1.78. The molecule has 1 amide bonds. The van der Waals surface area contributed by atoms with Crippen LogP contribution < -0.4 is 0 Å². The molecule has 1 spiro atoms. The van der Waals surface area contributed by atoms with Crippen molar-refractivity contribution in [3.05, 3.63) is 12.4 Å². The first-order valence-corrected chi connectivity index (χ1v) is 10.0. The molecule has 0 aromatic carbocycles. The highest BCUT2D eigenvalue weighted by Gasteiger charge is 2.54. The molecule has 1 saturated heterocycles. The van der Waals surface area contributed by atoms with Crippen molar-refractivity contribution in [3.63, 3.8) is 0 Å². The Morgan fingerprint density at radius 2 is 1.89 bits per heavy atom. The molecule has 1 aromatic rings. The fraction of sp³-hybridized carbons (Fsp3) is 0.750. The topological polar surface area (TPSA) is 81.5 Å². The highest BCUT2D eigenvalue weighted by atomic mass is 32.2. The fourth-order valence-electron chi connectivity index (χ4n) is 3.75. The van der Waals surface area contributed by atoms with Gasteiger partial charge in [0.1, 0.15) is 10.5 Å². The van der Waals surface area contributed by atoms with Crippen molar-refractivity contribution in [2.75, 3.05) is 13.1 Å². The van der Waals surface area contributed by atoms with Gasteiger partial charge in [0.15, 0.2) is 0 Å². The highest BCUT2D eigenvalue weighted by Crippen LogP contribution is 2.52. The van der Waals surface area contributed by atoms with E-state index in [0.717, 1.165) is 25.2 Å². The van der Waals surface area contributed by atoms with Gasteiger partial charge < -0.3 is 9.64 Å². The molecule has 0 N–H and O–H groups in total. The van der Waals surface area contributed by atoms with Gasteiger partial charge in [0.25, 0.3) is 9.84 Å². The predicted octanol–water partition coefficient (Wildman–Crippen LogP) is 2.82. The minimum Gasteiger partial charge on any atom is -0.444 e. The Balaban J connectivity index is 1.49. The molecule has 152 valence electrons. The van der Waals surface area contributed by atoms with Gasteiger partial charge in [0, 0.05) is 31.2 Å². The summed E-state index contributed by atoms with van der Waals surface area (Å²) in [5.74, 6) is 0.187. The summed E-state index contributed by atoms with van der Waals surface area (Å²) in [7, 11) is -5.37. The summed E-state index contributed by atoms with van der Waals surface area (Å²) in [6, 6.07) is 0. The molecule has 2 aliphatic rings. The maximum Gasteiger partial charge on any atom is 0.502 e. The van der Waals surface area contributed by atoms with E-state index in [1.54, 1.807) is 25.7 Å². The number of ether oxygens (including phenoxy) is 1. The number of hydrogen-bond acceptors (Lipinski definition) is 5. The van der Waals surface area contributed by atoms with Crippen LogP contribution in [0.1, 0.15) is 33.6 Å². The van der Waals surface area contributed by atoms with Gasteiger partial charge in [0.05, 0.1) is 6.20 Å². The smallest absolute Gasteiger partial charge is 0.444 e. The van der Waals surface area contributed by atoms with Gasteiger partial charge in [0.2, 0.25) is 0 Å². The van der Waals surface area contributed by atoms with Crippen LogP contribution in [-0.4, -0.2) is 53.4 Å². The van der Waals surface area contributed by atoms with E-state index in [1.165, 1.54) is 4.68 Å². The number of carbonyl (C=O) groups excluding carboxylic acids is 1. The van der Waals surface area contributed by atoms with Gasteiger partial charge >= 0.3 is 11.6 Å². The normalized spacial score (nSPS) is 20.3. The zero-order valence-electron chi connectivity index (χ0n) is 15.3. The van der Waals surface area contributed by atoms with Crippen molar-refractivity contribution in [1.82, 2.24) is 14.7 Å². The lowest BCUT2D eigenvalue weighted by molar-refractivity contribution is -0.0987. The van der Waals surface area contributed by atoms with Crippen molar-refractivity contribution in [2.45, 2.75) is 56.2 Å². The lowest BCUT2D eigenvalue weighted by atomic mass is 9.58. The van der Waals surface area contributed by atoms with Crippen LogP contribution in [0.25, 0.3) is 0 Å². The molecule has 1 aromatic heterocycles. The Labute approximate surface area is 155 Å². The summed E-state index contributed by atoms with van der Waals surface area (Å²) >= 11 is 0. The summed E-state index contributed by atoms with van der Waals surface area (Å²) in [5.41, 5.74) is -5.84. The van der Waals surface area contributed by atoms with E-state index < -0.39 is 25.8 Å². The minimum atomic E-state index is -5.37. The van der Waals surface area contributed by atoms with Crippen LogP contribution >= 0.6 is 0 Å². The highest BCUT2D eigenvalue weighted by molar-refractivity contribution is 7.92. The quantitative estimate of drug-likeness (QED) is 0.767. The van der Waals surface area contributed by atoms with E-state index in [9.17, 15) is 26.4 Å². The van der Waals surface area contributed by atoms with E-state index in [0.29, 0.717) is 19.6 Å². The maximum absolute atomic E-state index is 12.6. The van der Waals surface area contributed by atoms with E-state index in [1.807, 2.05) is 0 Å². The first kappa shape index (κ1) is 20.0. The maximum atomic E-state index is 12.6. The number of nitrogens with zero attached hydrogens (tertiary/aromatic N) is 3. The summed E-state index contributed by atoms with van der Waals surface area (Å²) in [5, 5.41) is 3.75. The van der Waals surface area contributed by atoms with Crippen molar-refractivity contribution in [3.8, 4) is 0 Å². The van der Waals surface area contributed by atoms with Crippen LogP contribution in [0.2, 0.25) is 0 Å². The molecule has 2 fully saturated rings. The molecule has 11 heteroatoms. The Kier molecular flexibility index (Phi) is 4.52. The Morgan fingerprint density at radius 1 is 1.30 bits per heavy atom. The molecule has 7 nitrogen and oxygen atoms in total. The van der Waals surface area contributed by atoms with Crippen molar-refractivity contribution in [1.29, 1.82) is 0 Å². The monoisotopic (exact) mass is 409 g/mol. The van der Waals surface area contributed by atoms with E-state index >= 15 is 0 Å². The number of likely N-dealkylation sites (tertiary alicyclic amines) is 1. The molecule has 1 aliphatic heterocycles. The molecule has 1 saturated carbocycles. The third kappa shape index (κ3) is 3.92. The minimum absolute atomic E-state index is 0.0373. The Bertz CT molecular complexity index is 828.